The quantitative estimate of drug-likeness (QED) is 0.840. The number of hydrogen-bond donors (Lipinski definition) is 0. The van der Waals surface area contributed by atoms with Crippen LogP contribution in [0, 0.1) is 6.92 Å². The third-order valence-corrected chi connectivity index (χ3v) is 4.19. The predicted molar refractivity (Wildman–Crippen MR) is 74.0 cm³/mol. The lowest BCUT2D eigenvalue weighted by Gasteiger charge is -2.09. The Balaban J connectivity index is 1.61. The van der Waals surface area contributed by atoms with E-state index in [4.69, 9.17) is 9.26 Å². The topological polar surface area (TPSA) is 82.1 Å². The van der Waals surface area contributed by atoms with E-state index in [9.17, 15) is 0 Å². The minimum Gasteiger partial charge on any atom is -0.379 e. The largest absolute Gasteiger partial charge is 0.379 e. The van der Waals surface area contributed by atoms with Crippen molar-refractivity contribution in [3.63, 3.8) is 0 Å². The van der Waals surface area contributed by atoms with E-state index in [2.05, 4.69) is 25.4 Å². The molecule has 8 heteroatoms. The molecule has 2 aromatic heterocycles. The summed E-state index contributed by atoms with van der Waals surface area (Å²) >= 11 is 0. The molecule has 0 bridgehead atoms. The molecule has 112 valence electrons. The fourth-order valence-electron chi connectivity index (χ4n) is 2.96. The maximum absolute atomic E-state index is 5.41. The first-order valence-electron chi connectivity index (χ1n) is 7.41. The molecule has 0 radical (unpaired) electrons. The van der Waals surface area contributed by atoms with E-state index in [0.29, 0.717) is 24.1 Å². The number of anilines is 1. The summed E-state index contributed by atoms with van der Waals surface area (Å²) in [5.41, 5.74) is 1.61. The highest BCUT2D eigenvalue weighted by molar-refractivity contribution is 5.51. The number of hydrogen-bond acceptors (Lipinski definition) is 7. The molecule has 4 rings (SSSR count). The second-order valence-corrected chi connectivity index (χ2v) is 5.58. The number of nitrogens with zero attached hydrogens (tertiary/aromatic N) is 6. The Bertz CT molecular complexity index is 624. The van der Waals surface area contributed by atoms with Crippen molar-refractivity contribution in [2.75, 3.05) is 31.2 Å². The summed E-state index contributed by atoms with van der Waals surface area (Å²) in [5, 5.41) is 12.5. The Morgan fingerprint density at radius 3 is 2.86 bits per heavy atom. The van der Waals surface area contributed by atoms with Gasteiger partial charge in [0.1, 0.15) is 0 Å². The second kappa shape index (κ2) is 5.10. The zero-order chi connectivity index (χ0) is 14.2. The summed E-state index contributed by atoms with van der Waals surface area (Å²) < 4.78 is 12.7. The van der Waals surface area contributed by atoms with Gasteiger partial charge in [0.2, 0.25) is 0 Å². The van der Waals surface area contributed by atoms with Gasteiger partial charge in [-0.2, -0.15) is 4.98 Å². The van der Waals surface area contributed by atoms with Crippen molar-refractivity contribution in [1.29, 1.82) is 0 Å². The van der Waals surface area contributed by atoms with Crippen molar-refractivity contribution in [3.8, 4) is 11.6 Å². The average Bonchev–Trinajstić information content (AvgIpc) is 3.26. The Kier molecular flexibility index (Phi) is 3.10. The lowest BCUT2D eigenvalue weighted by atomic mass is 10.2. The number of rotatable bonds is 3. The lowest BCUT2D eigenvalue weighted by Crippen LogP contribution is -2.18. The summed E-state index contributed by atoms with van der Waals surface area (Å²) in [5.74, 6) is 1.10. The smallest absolute Gasteiger partial charge is 0.281 e. The van der Waals surface area contributed by atoms with E-state index in [1.54, 1.807) is 0 Å². The van der Waals surface area contributed by atoms with Crippen LogP contribution in [0.5, 0.6) is 0 Å². The Morgan fingerprint density at radius 1 is 1.24 bits per heavy atom. The minimum absolute atomic E-state index is 0.257. The van der Waals surface area contributed by atoms with Crippen LogP contribution in [-0.4, -0.2) is 51.4 Å². The van der Waals surface area contributed by atoms with Crippen LogP contribution in [0.4, 0.5) is 5.95 Å². The number of aromatic nitrogens is 5. The molecule has 2 aromatic rings. The highest BCUT2D eigenvalue weighted by atomic mass is 16.5. The molecule has 2 fully saturated rings. The van der Waals surface area contributed by atoms with Crippen LogP contribution in [0.25, 0.3) is 11.6 Å². The maximum atomic E-state index is 5.41. The highest BCUT2D eigenvalue weighted by Gasteiger charge is 2.25. The average molecular weight is 290 g/mol. The normalized spacial score (nSPS) is 22.3. The minimum atomic E-state index is 0.257. The Morgan fingerprint density at radius 2 is 2.10 bits per heavy atom. The predicted octanol–water partition coefficient (Wildman–Crippen LogP) is 1.20. The van der Waals surface area contributed by atoms with E-state index in [1.807, 2.05) is 11.6 Å². The van der Waals surface area contributed by atoms with E-state index in [0.717, 1.165) is 31.8 Å². The van der Waals surface area contributed by atoms with E-state index in [1.165, 1.54) is 12.8 Å². The molecule has 0 aliphatic carbocycles. The van der Waals surface area contributed by atoms with Crippen LogP contribution >= 0.6 is 0 Å². The van der Waals surface area contributed by atoms with Crippen molar-refractivity contribution in [2.45, 2.75) is 32.2 Å². The number of ether oxygens (including phenoxy) is 1. The van der Waals surface area contributed by atoms with Crippen molar-refractivity contribution >= 4 is 5.95 Å². The first-order chi connectivity index (χ1) is 10.3. The molecule has 0 saturated carbocycles. The van der Waals surface area contributed by atoms with Crippen molar-refractivity contribution in [3.05, 3.63) is 5.69 Å². The van der Waals surface area contributed by atoms with Gasteiger partial charge in [-0.25, -0.2) is 4.68 Å². The molecule has 0 N–H and O–H groups in total. The van der Waals surface area contributed by atoms with Gasteiger partial charge in [0.25, 0.3) is 11.8 Å². The highest BCUT2D eigenvalue weighted by Crippen LogP contribution is 2.26. The molecular weight excluding hydrogens is 272 g/mol. The molecule has 0 spiro atoms. The maximum Gasteiger partial charge on any atom is 0.281 e. The molecule has 4 heterocycles. The van der Waals surface area contributed by atoms with Crippen molar-refractivity contribution in [1.82, 2.24) is 25.1 Å². The third-order valence-electron chi connectivity index (χ3n) is 4.19. The zero-order valence-corrected chi connectivity index (χ0v) is 12.0. The summed E-state index contributed by atoms with van der Waals surface area (Å²) in [6.07, 6.45) is 3.33. The third kappa shape index (κ3) is 2.19. The van der Waals surface area contributed by atoms with Gasteiger partial charge >= 0.3 is 0 Å². The molecule has 21 heavy (non-hydrogen) atoms. The van der Waals surface area contributed by atoms with Crippen molar-refractivity contribution < 1.29 is 9.26 Å². The molecule has 0 amide bonds. The molecule has 1 atom stereocenters. The van der Waals surface area contributed by atoms with Crippen LogP contribution in [-0.2, 0) is 4.74 Å². The molecule has 2 aliphatic rings. The van der Waals surface area contributed by atoms with Gasteiger partial charge in [0, 0.05) is 19.7 Å². The van der Waals surface area contributed by atoms with Crippen LogP contribution in [0.3, 0.4) is 0 Å². The monoisotopic (exact) mass is 290 g/mol. The van der Waals surface area contributed by atoms with Crippen LogP contribution in [0.2, 0.25) is 0 Å². The molecule has 2 aliphatic heterocycles. The first-order valence-corrected chi connectivity index (χ1v) is 7.41. The van der Waals surface area contributed by atoms with Gasteiger partial charge in [-0.1, -0.05) is 5.21 Å². The lowest BCUT2D eigenvalue weighted by molar-refractivity contribution is 0.183. The van der Waals surface area contributed by atoms with E-state index < -0.39 is 0 Å². The molecule has 8 nitrogen and oxygen atoms in total. The van der Waals surface area contributed by atoms with Gasteiger partial charge in [0.15, 0.2) is 5.69 Å². The van der Waals surface area contributed by atoms with Crippen LogP contribution in [0.1, 0.15) is 31.0 Å². The summed E-state index contributed by atoms with van der Waals surface area (Å²) in [7, 11) is 0. The first kappa shape index (κ1) is 12.8. The fourth-order valence-corrected chi connectivity index (χ4v) is 2.96. The molecular formula is C13H18N6O2. The van der Waals surface area contributed by atoms with Gasteiger partial charge in [-0.05, 0) is 31.3 Å². The fraction of sp³-hybridized carbons (Fsp3) is 0.692. The molecule has 0 aromatic carbocycles. The van der Waals surface area contributed by atoms with Gasteiger partial charge in [-0.3, -0.25) is 0 Å². The van der Waals surface area contributed by atoms with E-state index >= 15 is 0 Å². The van der Waals surface area contributed by atoms with Gasteiger partial charge < -0.3 is 14.2 Å². The zero-order valence-electron chi connectivity index (χ0n) is 12.0. The van der Waals surface area contributed by atoms with Crippen LogP contribution < -0.4 is 4.90 Å². The second-order valence-electron chi connectivity index (χ2n) is 5.58. The SMILES string of the molecule is Cc1c(-c2nc(N3CCCC3)no2)nnn1C1CCOC1. The molecule has 1 unspecified atom stereocenters. The molecule has 2 saturated heterocycles. The van der Waals surface area contributed by atoms with Crippen LogP contribution in [0.15, 0.2) is 4.52 Å². The van der Waals surface area contributed by atoms with E-state index in [-0.39, 0.29) is 6.04 Å². The Hall–Kier alpha value is -1.96. The van der Waals surface area contributed by atoms with Gasteiger partial charge in [0.05, 0.1) is 18.3 Å². The summed E-state index contributed by atoms with van der Waals surface area (Å²) in [6, 6.07) is 0.257. The summed E-state index contributed by atoms with van der Waals surface area (Å²) in [4.78, 5) is 6.60. The standard InChI is InChI=1S/C13H18N6O2/c1-9-11(15-17-19(9)10-4-7-20-8-10)12-14-13(16-21-12)18-5-2-3-6-18/h10H,2-8H2,1H3. The van der Waals surface area contributed by atoms with Crippen molar-refractivity contribution in [2.24, 2.45) is 0 Å². The summed E-state index contributed by atoms with van der Waals surface area (Å²) in [6.45, 7) is 5.42. The Labute approximate surface area is 122 Å². The van der Waals surface area contributed by atoms with Gasteiger partial charge in [-0.15, -0.1) is 5.10 Å².